The number of carboxylic acid groups (broad SMARTS) is 1. The molecule has 0 saturated carbocycles. The molecule has 1 heterocycles. The Labute approximate surface area is 96.2 Å². The van der Waals surface area contributed by atoms with E-state index >= 15 is 0 Å². The van der Waals surface area contributed by atoms with E-state index in [1.54, 1.807) is 0 Å². The second-order valence-corrected chi connectivity index (χ2v) is 5.80. The number of carbonyl (C=O) groups is 1. The van der Waals surface area contributed by atoms with E-state index in [1.165, 1.54) is 5.75 Å². The first kappa shape index (κ1) is 12.8. The van der Waals surface area contributed by atoms with Crippen LogP contribution in [0.1, 0.15) is 26.7 Å². The highest BCUT2D eigenvalue weighted by atomic mass is 32.2. The lowest BCUT2D eigenvalue weighted by molar-refractivity contribution is -0.137. The van der Waals surface area contributed by atoms with Crippen LogP contribution in [0.5, 0.6) is 0 Å². The lowest BCUT2D eigenvalue weighted by atomic mass is 10.1. The van der Waals surface area contributed by atoms with Gasteiger partial charge in [0.15, 0.2) is 0 Å². The third-order valence-corrected chi connectivity index (χ3v) is 4.33. The van der Waals surface area contributed by atoms with Gasteiger partial charge in [-0.2, -0.15) is 11.8 Å². The van der Waals surface area contributed by atoms with E-state index in [1.807, 2.05) is 0 Å². The van der Waals surface area contributed by atoms with Crippen LogP contribution in [-0.4, -0.2) is 46.6 Å². The van der Waals surface area contributed by atoms with Crippen LogP contribution in [0, 0.1) is 5.92 Å². The molecule has 1 aliphatic heterocycles. The van der Waals surface area contributed by atoms with Gasteiger partial charge in [-0.15, -0.1) is 0 Å². The predicted octanol–water partition coefficient (Wildman–Crippen LogP) is 1.92. The van der Waals surface area contributed by atoms with Crippen molar-refractivity contribution < 1.29 is 9.90 Å². The molecular formula is C11H21NO2S. The van der Waals surface area contributed by atoms with Crippen molar-refractivity contribution in [2.75, 3.05) is 25.4 Å². The summed E-state index contributed by atoms with van der Waals surface area (Å²) in [6.07, 6.45) is 1.08. The van der Waals surface area contributed by atoms with E-state index in [2.05, 4.69) is 30.5 Å². The lowest BCUT2D eigenvalue weighted by Crippen LogP contribution is -2.40. The normalized spacial score (nSPS) is 23.3. The first-order valence-electron chi connectivity index (χ1n) is 5.65. The maximum Gasteiger partial charge on any atom is 0.303 e. The molecule has 0 bridgehead atoms. The zero-order valence-electron chi connectivity index (χ0n) is 9.61. The van der Waals surface area contributed by atoms with Crippen molar-refractivity contribution in [1.82, 2.24) is 4.90 Å². The fourth-order valence-corrected chi connectivity index (χ4v) is 3.16. The zero-order chi connectivity index (χ0) is 11.3. The van der Waals surface area contributed by atoms with Gasteiger partial charge in [-0.25, -0.2) is 0 Å². The molecule has 1 atom stereocenters. The fourth-order valence-electron chi connectivity index (χ4n) is 1.79. The molecule has 0 spiro atoms. The number of hydrogen-bond acceptors (Lipinski definition) is 3. The summed E-state index contributed by atoms with van der Waals surface area (Å²) in [5.41, 5.74) is 0. The van der Waals surface area contributed by atoms with Gasteiger partial charge < -0.3 is 10.0 Å². The smallest absolute Gasteiger partial charge is 0.303 e. The minimum absolute atomic E-state index is 0.302. The fraction of sp³-hybridized carbons (Fsp3) is 0.909. The molecule has 0 aromatic carbocycles. The average molecular weight is 231 g/mol. The minimum Gasteiger partial charge on any atom is -0.481 e. The summed E-state index contributed by atoms with van der Waals surface area (Å²) in [7, 11) is 0. The van der Waals surface area contributed by atoms with Crippen LogP contribution in [-0.2, 0) is 4.79 Å². The maximum absolute atomic E-state index is 10.4. The molecule has 15 heavy (non-hydrogen) atoms. The van der Waals surface area contributed by atoms with Crippen LogP contribution in [0.15, 0.2) is 0 Å². The van der Waals surface area contributed by atoms with Crippen molar-refractivity contribution in [3.8, 4) is 0 Å². The Morgan fingerprint density at radius 1 is 1.60 bits per heavy atom. The van der Waals surface area contributed by atoms with E-state index in [4.69, 9.17) is 5.11 Å². The van der Waals surface area contributed by atoms with Crippen molar-refractivity contribution in [3.63, 3.8) is 0 Å². The molecule has 1 unspecified atom stereocenters. The van der Waals surface area contributed by atoms with E-state index in [0.29, 0.717) is 6.42 Å². The third-order valence-electron chi connectivity index (χ3n) is 2.79. The van der Waals surface area contributed by atoms with Gasteiger partial charge in [0, 0.05) is 30.5 Å². The van der Waals surface area contributed by atoms with Crippen LogP contribution >= 0.6 is 11.8 Å². The number of rotatable bonds is 5. The van der Waals surface area contributed by atoms with Gasteiger partial charge >= 0.3 is 5.97 Å². The first-order valence-corrected chi connectivity index (χ1v) is 6.70. The molecule has 3 nitrogen and oxygen atoms in total. The van der Waals surface area contributed by atoms with Gasteiger partial charge in [-0.05, 0) is 18.9 Å². The number of aliphatic carboxylic acids is 1. The van der Waals surface area contributed by atoms with Gasteiger partial charge in [0.05, 0.1) is 0 Å². The highest BCUT2D eigenvalue weighted by Gasteiger charge is 2.22. The van der Waals surface area contributed by atoms with Crippen LogP contribution in [0.4, 0.5) is 0 Å². The van der Waals surface area contributed by atoms with Gasteiger partial charge in [0.25, 0.3) is 0 Å². The summed E-state index contributed by atoms with van der Waals surface area (Å²) in [5.74, 6) is 1.23. The number of nitrogens with zero attached hydrogens (tertiary/aromatic N) is 1. The standard InChI is InChI=1S/C11H21NO2S/c1-9(2)10-8-12(6-7-15-10)5-3-4-11(13)14/h9-10H,3-8H2,1-2H3,(H,13,14). The van der Waals surface area contributed by atoms with Gasteiger partial charge in [-0.3, -0.25) is 4.79 Å². The summed E-state index contributed by atoms with van der Waals surface area (Å²) in [6.45, 7) is 7.71. The summed E-state index contributed by atoms with van der Waals surface area (Å²) in [4.78, 5) is 12.8. The molecule has 1 fully saturated rings. The van der Waals surface area contributed by atoms with Crippen molar-refractivity contribution in [2.45, 2.75) is 31.9 Å². The molecule has 0 radical (unpaired) electrons. The van der Waals surface area contributed by atoms with Crippen molar-refractivity contribution in [3.05, 3.63) is 0 Å². The minimum atomic E-state index is -0.679. The van der Waals surface area contributed by atoms with Crippen LogP contribution in [0.3, 0.4) is 0 Å². The van der Waals surface area contributed by atoms with Gasteiger partial charge in [-0.1, -0.05) is 13.8 Å². The Hall–Kier alpha value is -0.220. The first-order chi connectivity index (χ1) is 7.09. The third kappa shape index (κ3) is 4.89. The Morgan fingerprint density at radius 2 is 2.33 bits per heavy atom. The highest BCUT2D eigenvalue weighted by Crippen LogP contribution is 2.24. The lowest BCUT2D eigenvalue weighted by Gasteiger charge is -2.34. The Bertz CT molecular complexity index is 209. The highest BCUT2D eigenvalue weighted by molar-refractivity contribution is 8.00. The Balaban J connectivity index is 2.21. The summed E-state index contributed by atoms with van der Waals surface area (Å²) in [5, 5.41) is 9.29. The summed E-state index contributed by atoms with van der Waals surface area (Å²) in [6, 6.07) is 0. The second kappa shape index (κ2) is 6.38. The monoisotopic (exact) mass is 231 g/mol. The van der Waals surface area contributed by atoms with Crippen LogP contribution in [0.25, 0.3) is 0 Å². The maximum atomic E-state index is 10.4. The molecule has 0 aromatic rings. The van der Waals surface area contributed by atoms with E-state index in [0.717, 1.165) is 37.2 Å². The van der Waals surface area contributed by atoms with Crippen molar-refractivity contribution in [1.29, 1.82) is 0 Å². The Kier molecular flexibility index (Phi) is 5.47. The summed E-state index contributed by atoms with van der Waals surface area (Å²) >= 11 is 2.06. The predicted molar refractivity (Wildman–Crippen MR) is 64.4 cm³/mol. The Morgan fingerprint density at radius 3 is 2.93 bits per heavy atom. The molecule has 1 aliphatic rings. The van der Waals surface area contributed by atoms with E-state index in [-0.39, 0.29) is 0 Å². The molecule has 0 aliphatic carbocycles. The molecule has 1 rings (SSSR count). The van der Waals surface area contributed by atoms with E-state index < -0.39 is 5.97 Å². The topological polar surface area (TPSA) is 40.5 Å². The van der Waals surface area contributed by atoms with Gasteiger partial charge in [0.1, 0.15) is 0 Å². The SMILES string of the molecule is CC(C)C1CN(CCCC(=O)O)CCS1. The van der Waals surface area contributed by atoms with E-state index in [9.17, 15) is 4.79 Å². The number of hydrogen-bond donors (Lipinski definition) is 1. The largest absolute Gasteiger partial charge is 0.481 e. The van der Waals surface area contributed by atoms with Crippen LogP contribution < -0.4 is 0 Å². The summed E-state index contributed by atoms with van der Waals surface area (Å²) < 4.78 is 0. The second-order valence-electron chi connectivity index (χ2n) is 4.45. The molecule has 1 N–H and O–H groups in total. The van der Waals surface area contributed by atoms with Crippen molar-refractivity contribution >= 4 is 17.7 Å². The molecule has 4 heteroatoms. The molecule has 0 amide bonds. The van der Waals surface area contributed by atoms with Gasteiger partial charge in [0.2, 0.25) is 0 Å². The van der Waals surface area contributed by atoms with Crippen LogP contribution in [0.2, 0.25) is 0 Å². The zero-order valence-corrected chi connectivity index (χ0v) is 10.4. The number of thioether (sulfide) groups is 1. The molecular weight excluding hydrogens is 210 g/mol. The van der Waals surface area contributed by atoms with Crippen molar-refractivity contribution in [2.24, 2.45) is 5.92 Å². The number of carboxylic acids is 1. The molecule has 0 aromatic heterocycles. The average Bonchev–Trinajstić information content (AvgIpc) is 2.17. The molecule has 88 valence electrons. The molecule has 1 saturated heterocycles. The quantitative estimate of drug-likeness (QED) is 0.785.